The van der Waals surface area contributed by atoms with Gasteiger partial charge in [-0.2, -0.15) is 5.10 Å². The number of carbonyl (C=O) groups is 1. The summed E-state index contributed by atoms with van der Waals surface area (Å²) in [5, 5.41) is 3.83. The highest BCUT2D eigenvalue weighted by Crippen LogP contribution is 2.12. The lowest BCUT2D eigenvalue weighted by molar-refractivity contribution is -0.120. The Kier molecular flexibility index (Phi) is 4.52. The molecule has 0 aliphatic heterocycles. The van der Waals surface area contributed by atoms with Crippen LogP contribution in [0, 0.1) is 6.92 Å². The summed E-state index contributed by atoms with van der Waals surface area (Å²) in [6.07, 6.45) is 1.76. The van der Waals surface area contributed by atoms with Crippen molar-refractivity contribution in [1.29, 1.82) is 0 Å². The lowest BCUT2D eigenvalue weighted by Crippen LogP contribution is -2.19. The van der Waals surface area contributed by atoms with Crippen LogP contribution in [0.25, 0.3) is 0 Å². The lowest BCUT2D eigenvalue weighted by atomic mass is 10.1. The van der Waals surface area contributed by atoms with Gasteiger partial charge in [-0.15, -0.1) is 0 Å². The van der Waals surface area contributed by atoms with E-state index in [1.54, 1.807) is 12.1 Å². The Morgan fingerprint density at radius 1 is 1.32 bits per heavy atom. The summed E-state index contributed by atoms with van der Waals surface area (Å²) in [5.74, 6) is 0.410. The maximum absolute atomic E-state index is 11.6. The first-order chi connectivity index (χ1) is 9.13. The number of rotatable bonds is 4. The van der Waals surface area contributed by atoms with Crippen LogP contribution in [0.1, 0.15) is 16.9 Å². The van der Waals surface area contributed by atoms with E-state index in [-0.39, 0.29) is 5.91 Å². The van der Waals surface area contributed by atoms with Gasteiger partial charge in [0.1, 0.15) is 5.76 Å². The fourth-order valence-corrected chi connectivity index (χ4v) is 1.82. The van der Waals surface area contributed by atoms with E-state index in [9.17, 15) is 4.79 Å². The second-order valence-corrected chi connectivity index (χ2v) is 4.88. The van der Waals surface area contributed by atoms with Gasteiger partial charge >= 0.3 is 0 Å². The van der Waals surface area contributed by atoms with E-state index in [4.69, 9.17) is 4.42 Å². The van der Waals surface area contributed by atoms with Crippen LogP contribution in [0.5, 0.6) is 0 Å². The topological polar surface area (TPSA) is 54.6 Å². The Balaban J connectivity index is 1.84. The molecule has 0 atom stereocenters. The smallest absolute Gasteiger partial charge is 0.244 e. The molecule has 0 aliphatic carbocycles. The van der Waals surface area contributed by atoms with E-state index in [1.807, 2.05) is 31.2 Å². The number of aryl methyl sites for hydroxylation is 1. The number of carbonyl (C=O) groups excluding carboxylic acids is 1. The summed E-state index contributed by atoms with van der Waals surface area (Å²) < 4.78 is 5.84. The van der Waals surface area contributed by atoms with Crippen molar-refractivity contribution in [2.24, 2.45) is 5.10 Å². The zero-order chi connectivity index (χ0) is 13.7. The van der Waals surface area contributed by atoms with Crippen molar-refractivity contribution in [3.63, 3.8) is 0 Å². The highest BCUT2D eigenvalue weighted by Gasteiger charge is 2.01. The van der Waals surface area contributed by atoms with Gasteiger partial charge < -0.3 is 4.42 Å². The van der Waals surface area contributed by atoms with E-state index in [2.05, 4.69) is 26.5 Å². The molecule has 1 amide bonds. The first kappa shape index (κ1) is 13.5. The van der Waals surface area contributed by atoms with Gasteiger partial charge in [-0.1, -0.05) is 29.8 Å². The number of furan rings is 1. The van der Waals surface area contributed by atoms with Crippen molar-refractivity contribution < 1.29 is 9.21 Å². The lowest BCUT2D eigenvalue weighted by Gasteiger charge is -2.00. The van der Waals surface area contributed by atoms with Gasteiger partial charge in [0.15, 0.2) is 4.67 Å². The van der Waals surface area contributed by atoms with Crippen LogP contribution in [0.4, 0.5) is 0 Å². The Hall–Kier alpha value is -1.88. The monoisotopic (exact) mass is 320 g/mol. The molecule has 0 saturated carbocycles. The molecule has 2 rings (SSSR count). The second kappa shape index (κ2) is 6.33. The molecule has 0 saturated heterocycles. The summed E-state index contributed by atoms with van der Waals surface area (Å²) in [7, 11) is 0. The van der Waals surface area contributed by atoms with Crippen molar-refractivity contribution in [2.75, 3.05) is 0 Å². The van der Waals surface area contributed by atoms with E-state index in [0.29, 0.717) is 16.9 Å². The minimum atomic E-state index is -0.161. The van der Waals surface area contributed by atoms with Gasteiger partial charge in [-0.05, 0) is 40.5 Å². The summed E-state index contributed by atoms with van der Waals surface area (Å²) in [6.45, 7) is 2.01. The molecule has 19 heavy (non-hydrogen) atoms. The SMILES string of the molecule is Cc1ccc(CC(=O)N/N=C\c2ccc(Br)o2)cc1. The predicted octanol–water partition coefficient (Wildman–Crippen LogP) is 3.04. The molecule has 0 aliphatic rings. The molecule has 4 nitrogen and oxygen atoms in total. The van der Waals surface area contributed by atoms with Crippen LogP contribution in [-0.2, 0) is 11.2 Å². The fourth-order valence-electron chi connectivity index (χ4n) is 1.50. The maximum atomic E-state index is 11.6. The highest BCUT2D eigenvalue weighted by atomic mass is 79.9. The van der Waals surface area contributed by atoms with Crippen molar-refractivity contribution in [3.05, 3.63) is 58.0 Å². The molecule has 1 aromatic carbocycles. The molecule has 98 valence electrons. The van der Waals surface area contributed by atoms with Crippen LogP contribution in [0.15, 0.2) is 50.6 Å². The van der Waals surface area contributed by atoms with Crippen LogP contribution >= 0.6 is 15.9 Å². The van der Waals surface area contributed by atoms with Crippen LogP contribution < -0.4 is 5.43 Å². The third-order valence-corrected chi connectivity index (χ3v) is 2.89. The van der Waals surface area contributed by atoms with Crippen LogP contribution in [0.2, 0.25) is 0 Å². The predicted molar refractivity (Wildman–Crippen MR) is 77.0 cm³/mol. The van der Waals surface area contributed by atoms with E-state index in [0.717, 1.165) is 5.56 Å². The van der Waals surface area contributed by atoms with Gasteiger partial charge in [-0.25, -0.2) is 5.43 Å². The molecule has 0 unspecified atom stereocenters. The second-order valence-electron chi connectivity index (χ2n) is 4.10. The normalized spacial score (nSPS) is 10.8. The number of amides is 1. The van der Waals surface area contributed by atoms with Crippen molar-refractivity contribution in [2.45, 2.75) is 13.3 Å². The number of hydrogen-bond acceptors (Lipinski definition) is 3. The van der Waals surface area contributed by atoms with Gasteiger partial charge in [0.2, 0.25) is 5.91 Å². The number of hydrogen-bond donors (Lipinski definition) is 1. The number of halogens is 1. The molecule has 5 heteroatoms. The molecule has 1 heterocycles. The van der Waals surface area contributed by atoms with Crippen molar-refractivity contribution >= 4 is 28.1 Å². The minimum absolute atomic E-state index is 0.161. The average molecular weight is 321 g/mol. The third kappa shape index (κ3) is 4.37. The average Bonchev–Trinajstić information content (AvgIpc) is 2.78. The minimum Gasteiger partial charge on any atom is -0.448 e. The Bertz CT molecular complexity index is 588. The maximum Gasteiger partial charge on any atom is 0.244 e. The third-order valence-electron chi connectivity index (χ3n) is 2.46. The first-order valence-corrected chi connectivity index (χ1v) is 6.55. The molecular weight excluding hydrogens is 308 g/mol. The Labute approximate surface area is 119 Å². The van der Waals surface area contributed by atoms with Gasteiger partial charge in [0.25, 0.3) is 0 Å². The van der Waals surface area contributed by atoms with Crippen LogP contribution in [0.3, 0.4) is 0 Å². The molecule has 0 spiro atoms. The molecule has 2 aromatic rings. The fraction of sp³-hybridized carbons (Fsp3) is 0.143. The number of benzene rings is 1. The highest BCUT2D eigenvalue weighted by molar-refractivity contribution is 9.10. The van der Waals surface area contributed by atoms with E-state index < -0.39 is 0 Å². The number of hydrazone groups is 1. The van der Waals surface area contributed by atoms with Crippen LogP contribution in [-0.4, -0.2) is 12.1 Å². The Morgan fingerprint density at radius 3 is 2.68 bits per heavy atom. The van der Waals surface area contributed by atoms with E-state index in [1.165, 1.54) is 11.8 Å². The molecule has 1 N–H and O–H groups in total. The summed E-state index contributed by atoms with van der Waals surface area (Å²) in [4.78, 5) is 11.6. The quantitative estimate of drug-likeness (QED) is 0.695. The Morgan fingerprint density at radius 2 is 2.05 bits per heavy atom. The number of nitrogens with zero attached hydrogens (tertiary/aromatic N) is 1. The van der Waals surface area contributed by atoms with Gasteiger partial charge in [0.05, 0.1) is 12.6 Å². The zero-order valence-electron chi connectivity index (χ0n) is 10.4. The van der Waals surface area contributed by atoms with Crippen molar-refractivity contribution in [1.82, 2.24) is 5.43 Å². The standard InChI is InChI=1S/C14H13BrN2O2/c1-10-2-4-11(5-3-10)8-14(18)17-16-9-12-6-7-13(15)19-12/h2-7,9H,8H2,1H3,(H,17,18)/b16-9-. The summed E-state index contributed by atoms with van der Waals surface area (Å²) in [6, 6.07) is 11.3. The first-order valence-electron chi connectivity index (χ1n) is 5.76. The molecule has 0 bridgehead atoms. The van der Waals surface area contributed by atoms with Gasteiger partial charge in [-0.3, -0.25) is 4.79 Å². The summed E-state index contributed by atoms with van der Waals surface area (Å²) in [5.41, 5.74) is 4.59. The van der Waals surface area contributed by atoms with E-state index >= 15 is 0 Å². The van der Waals surface area contributed by atoms with Gasteiger partial charge in [0, 0.05) is 0 Å². The molecule has 1 aromatic heterocycles. The summed E-state index contributed by atoms with van der Waals surface area (Å²) >= 11 is 3.19. The number of nitrogens with one attached hydrogen (secondary N) is 1. The van der Waals surface area contributed by atoms with Crippen molar-refractivity contribution in [3.8, 4) is 0 Å². The molecule has 0 radical (unpaired) electrons. The largest absolute Gasteiger partial charge is 0.448 e. The molecule has 0 fully saturated rings. The molecular formula is C14H13BrN2O2. The zero-order valence-corrected chi connectivity index (χ0v) is 12.0.